The van der Waals surface area contributed by atoms with Gasteiger partial charge in [0.05, 0.1) is 44.2 Å². The third-order valence-electron chi connectivity index (χ3n) is 6.33. The number of ether oxygens (including phenoxy) is 1. The second kappa shape index (κ2) is 9.40. The third-order valence-corrected chi connectivity index (χ3v) is 6.33. The molecular weight excluding hydrogens is 416 g/mol. The van der Waals surface area contributed by atoms with Gasteiger partial charge < -0.3 is 19.0 Å². The summed E-state index contributed by atoms with van der Waals surface area (Å²) in [5.74, 6) is 0.737. The molecule has 0 saturated carbocycles. The molecule has 1 aliphatic rings. The molecule has 33 heavy (non-hydrogen) atoms. The number of aryl methyl sites for hydroxylation is 2. The minimum atomic E-state index is -0.466. The minimum absolute atomic E-state index is 0.125. The molecule has 0 spiro atoms. The number of benzene rings is 2. The van der Waals surface area contributed by atoms with Gasteiger partial charge in [0.25, 0.3) is 5.91 Å². The fourth-order valence-electron chi connectivity index (χ4n) is 4.42. The van der Waals surface area contributed by atoms with Crippen LogP contribution < -0.4 is 15.1 Å². The maximum atomic E-state index is 13.7. The summed E-state index contributed by atoms with van der Waals surface area (Å²) in [5, 5.41) is 0.525. The molecule has 4 rings (SSSR count). The van der Waals surface area contributed by atoms with Crippen molar-refractivity contribution in [1.29, 1.82) is 0 Å². The summed E-state index contributed by atoms with van der Waals surface area (Å²) in [4.78, 5) is 30.3. The van der Waals surface area contributed by atoms with Gasteiger partial charge in [-0.25, -0.2) is 0 Å². The molecule has 3 aromatic rings. The first-order valence-electron chi connectivity index (χ1n) is 11.7. The van der Waals surface area contributed by atoms with Gasteiger partial charge in [-0.15, -0.1) is 0 Å². The van der Waals surface area contributed by atoms with Crippen molar-refractivity contribution in [3.05, 3.63) is 74.6 Å². The van der Waals surface area contributed by atoms with E-state index < -0.39 is 6.04 Å². The minimum Gasteiger partial charge on any atom is -0.494 e. The fraction of sp³-hybridized carbons (Fsp3) is 0.407. The maximum absolute atomic E-state index is 13.7. The van der Waals surface area contributed by atoms with Crippen LogP contribution in [0.25, 0.3) is 11.0 Å². The Morgan fingerprint density at radius 1 is 1.06 bits per heavy atom. The Hall–Kier alpha value is -3.12. The standard InChI is InChI=1S/C27H32N2O4/c1-6-14-32-20-10-8-19(9-11-20)24-23-25(30)21-15-17(2)18(3)16-22(21)33-26(23)27(31)29(24)13-7-12-28(4)5/h8-11,15-16,24H,6-7,12-14H2,1-5H3/p+1/t24-/m0/s1. The molecule has 1 amide bonds. The highest BCUT2D eigenvalue weighted by molar-refractivity contribution is 5.99. The number of quaternary nitrogens is 1. The Kier molecular flexibility index (Phi) is 6.56. The van der Waals surface area contributed by atoms with Crippen LogP contribution in [0.2, 0.25) is 0 Å². The molecule has 174 valence electrons. The highest BCUT2D eigenvalue weighted by Gasteiger charge is 2.42. The molecule has 0 fully saturated rings. The van der Waals surface area contributed by atoms with Gasteiger partial charge in [-0.05, 0) is 61.2 Å². The summed E-state index contributed by atoms with van der Waals surface area (Å²) in [6, 6.07) is 11.0. The largest absolute Gasteiger partial charge is 0.494 e. The number of nitrogens with zero attached hydrogens (tertiary/aromatic N) is 1. The Labute approximate surface area is 194 Å². The highest BCUT2D eigenvalue weighted by atomic mass is 16.5. The van der Waals surface area contributed by atoms with Crippen LogP contribution in [0.15, 0.2) is 45.6 Å². The first-order chi connectivity index (χ1) is 15.8. The van der Waals surface area contributed by atoms with E-state index in [9.17, 15) is 9.59 Å². The Morgan fingerprint density at radius 2 is 1.76 bits per heavy atom. The van der Waals surface area contributed by atoms with Gasteiger partial charge in [0.15, 0.2) is 5.43 Å². The predicted molar refractivity (Wildman–Crippen MR) is 129 cm³/mol. The summed E-state index contributed by atoms with van der Waals surface area (Å²) in [6.45, 7) is 8.16. The molecule has 6 nitrogen and oxygen atoms in total. The zero-order valence-corrected chi connectivity index (χ0v) is 20.2. The maximum Gasteiger partial charge on any atom is 0.290 e. The summed E-state index contributed by atoms with van der Waals surface area (Å²) in [5.41, 5.74) is 3.73. The van der Waals surface area contributed by atoms with Gasteiger partial charge in [0.1, 0.15) is 11.3 Å². The molecule has 0 unspecified atom stereocenters. The second-order valence-electron chi connectivity index (χ2n) is 9.24. The Morgan fingerprint density at radius 3 is 2.42 bits per heavy atom. The summed E-state index contributed by atoms with van der Waals surface area (Å²) in [7, 11) is 4.19. The molecule has 1 atom stereocenters. The van der Waals surface area contributed by atoms with Crippen molar-refractivity contribution in [3.63, 3.8) is 0 Å². The summed E-state index contributed by atoms with van der Waals surface area (Å²) < 4.78 is 11.8. The van der Waals surface area contributed by atoms with E-state index in [1.54, 1.807) is 4.90 Å². The van der Waals surface area contributed by atoms with E-state index in [0.29, 0.717) is 29.7 Å². The van der Waals surface area contributed by atoms with E-state index in [1.165, 1.54) is 4.90 Å². The van der Waals surface area contributed by atoms with Crippen LogP contribution in [0.5, 0.6) is 5.75 Å². The van der Waals surface area contributed by atoms with Gasteiger partial charge in [-0.3, -0.25) is 9.59 Å². The van der Waals surface area contributed by atoms with E-state index in [4.69, 9.17) is 9.15 Å². The van der Waals surface area contributed by atoms with Gasteiger partial charge in [-0.1, -0.05) is 19.1 Å². The van der Waals surface area contributed by atoms with Crippen LogP contribution in [-0.2, 0) is 0 Å². The van der Waals surface area contributed by atoms with E-state index in [0.717, 1.165) is 41.8 Å². The molecule has 6 heteroatoms. The van der Waals surface area contributed by atoms with E-state index in [1.807, 2.05) is 50.2 Å². The second-order valence-corrected chi connectivity index (χ2v) is 9.24. The molecule has 0 bridgehead atoms. The van der Waals surface area contributed by atoms with Crippen LogP contribution in [0.4, 0.5) is 0 Å². The average Bonchev–Trinajstić information content (AvgIpc) is 3.06. The number of fused-ring (bicyclic) bond motifs is 2. The number of nitrogens with one attached hydrogen (secondary N) is 1. The van der Waals surface area contributed by atoms with Crippen molar-refractivity contribution in [1.82, 2.24) is 4.90 Å². The quantitative estimate of drug-likeness (QED) is 0.573. The van der Waals surface area contributed by atoms with Crippen LogP contribution in [-0.4, -0.2) is 44.6 Å². The number of rotatable bonds is 8. The molecular formula is C27H33N2O4+. The molecule has 0 radical (unpaired) electrons. The van der Waals surface area contributed by atoms with Crippen molar-refractivity contribution in [2.24, 2.45) is 0 Å². The number of hydrogen-bond acceptors (Lipinski definition) is 4. The van der Waals surface area contributed by atoms with Crippen LogP contribution >= 0.6 is 0 Å². The lowest BCUT2D eigenvalue weighted by Gasteiger charge is -2.25. The highest BCUT2D eigenvalue weighted by Crippen LogP contribution is 2.38. The zero-order valence-electron chi connectivity index (χ0n) is 20.2. The van der Waals surface area contributed by atoms with Gasteiger partial charge in [0.2, 0.25) is 5.76 Å². The van der Waals surface area contributed by atoms with Crippen LogP contribution in [0.3, 0.4) is 0 Å². The van der Waals surface area contributed by atoms with Crippen molar-refractivity contribution in [3.8, 4) is 5.75 Å². The number of amides is 1. The number of carbonyl (C=O) groups excluding carboxylic acids is 1. The van der Waals surface area contributed by atoms with E-state index >= 15 is 0 Å². The average molecular weight is 450 g/mol. The lowest BCUT2D eigenvalue weighted by Crippen LogP contribution is -3.05. The lowest BCUT2D eigenvalue weighted by molar-refractivity contribution is -0.858. The van der Waals surface area contributed by atoms with Gasteiger partial charge in [0, 0.05) is 13.0 Å². The van der Waals surface area contributed by atoms with Crippen molar-refractivity contribution in [2.45, 2.75) is 39.7 Å². The summed E-state index contributed by atoms with van der Waals surface area (Å²) >= 11 is 0. The topological polar surface area (TPSA) is 64.2 Å². The summed E-state index contributed by atoms with van der Waals surface area (Å²) in [6.07, 6.45) is 1.77. The predicted octanol–water partition coefficient (Wildman–Crippen LogP) is 3.28. The van der Waals surface area contributed by atoms with Crippen molar-refractivity contribution < 1.29 is 18.8 Å². The van der Waals surface area contributed by atoms with Gasteiger partial charge >= 0.3 is 0 Å². The zero-order chi connectivity index (χ0) is 23.7. The number of hydrogen-bond donors (Lipinski definition) is 1. The molecule has 2 heterocycles. The van der Waals surface area contributed by atoms with E-state index in [2.05, 4.69) is 21.0 Å². The monoisotopic (exact) mass is 449 g/mol. The van der Waals surface area contributed by atoms with Crippen LogP contribution in [0, 0.1) is 13.8 Å². The SMILES string of the molecule is CCCOc1ccc([C@H]2c3c(oc4cc(C)c(C)cc4c3=O)C(=O)N2CCC[NH+](C)C)cc1. The first-order valence-corrected chi connectivity index (χ1v) is 11.7. The fourth-order valence-corrected chi connectivity index (χ4v) is 4.42. The van der Waals surface area contributed by atoms with Crippen molar-refractivity contribution >= 4 is 16.9 Å². The van der Waals surface area contributed by atoms with Crippen LogP contribution in [0.1, 0.15) is 58.6 Å². The normalized spacial score (nSPS) is 15.5. The molecule has 0 aliphatic carbocycles. The van der Waals surface area contributed by atoms with Crippen molar-refractivity contribution in [2.75, 3.05) is 33.8 Å². The number of carbonyl (C=O) groups is 1. The molecule has 1 aromatic heterocycles. The Balaban J connectivity index is 1.82. The van der Waals surface area contributed by atoms with Gasteiger partial charge in [-0.2, -0.15) is 0 Å². The third kappa shape index (κ3) is 4.40. The molecule has 2 aromatic carbocycles. The Bertz CT molecular complexity index is 1230. The smallest absolute Gasteiger partial charge is 0.290 e. The van der Waals surface area contributed by atoms with E-state index in [-0.39, 0.29) is 17.1 Å². The first kappa shape index (κ1) is 23.1. The molecule has 1 N–H and O–H groups in total. The molecule has 0 saturated heterocycles. The lowest BCUT2D eigenvalue weighted by atomic mass is 9.97. The molecule has 1 aliphatic heterocycles.